The van der Waals surface area contributed by atoms with E-state index >= 15 is 0 Å². The van der Waals surface area contributed by atoms with Crippen molar-refractivity contribution in [2.24, 2.45) is 0 Å². The van der Waals surface area contributed by atoms with Gasteiger partial charge in [-0.25, -0.2) is 4.98 Å². The van der Waals surface area contributed by atoms with Crippen molar-refractivity contribution in [3.05, 3.63) is 76.7 Å². The Morgan fingerprint density at radius 2 is 2.03 bits per heavy atom. The van der Waals surface area contributed by atoms with Gasteiger partial charge in [0, 0.05) is 35.6 Å². The quantitative estimate of drug-likeness (QED) is 0.517. The number of nitrogens with one attached hydrogen (secondary N) is 3. The molecule has 3 aromatic rings. The van der Waals surface area contributed by atoms with Crippen LogP contribution >= 0.6 is 0 Å². The Kier molecular flexibility index (Phi) is 5.42. The Hall–Kier alpha value is -3.74. The molecule has 3 heterocycles. The van der Waals surface area contributed by atoms with Gasteiger partial charge in [-0.2, -0.15) is 4.68 Å². The first kappa shape index (κ1) is 20.5. The predicted octanol–water partition coefficient (Wildman–Crippen LogP) is 4.51. The summed E-state index contributed by atoms with van der Waals surface area (Å²) < 4.78 is 1.75. The number of benzene rings is 1. The molecule has 0 saturated heterocycles. The highest BCUT2D eigenvalue weighted by atomic mass is 15.4. The monoisotopic (exact) mass is 413 g/mol. The molecule has 0 radical (unpaired) electrons. The lowest BCUT2D eigenvalue weighted by atomic mass is 9.93. The zero-order valence-corrected chi connectivity index (χ0v) is 18.3. The third-order valence-electron chi connectivity index (χ3n) is 5.26. The maximum atomic E-state index is 8.09. The summed E-state index contributed by atoms with van der Waals surface area (Å²) >= 11 is 0. The molecule has 7 heteroatoms. The molecular formula is C24H27N7. The van der Waals surface area contributed by atoms with Crippen molar-refractivity contribution in [3.8, 4) is 5.82 Å². The summed E-state index contributed by atoms with van der Waals surface area (Å²) in [5, 5.41) is 23.4. The second-order valence-electron chi connectivity index (χ2n) is 8.10. The molecule has 0 spiro atoms. The number of hydrogen-bond acceptors (Lipinski definition) is 6. The van der Waals surface area contributed by atoms with Gasteiger partial charge in [0.25, 0.3) is 0 Å². The first-order chi connectivity index (χ1) is 14.9. The lowest BCUT2D eigenvalue weighted by Crippen LogP contribution is -2.19. The van der Waals surface area contributed by atoms with Crippen molar-refractivity contribution in [2.75, 3.05) is 5.32 Å². The fourth-order valence-corrected chi connectivity index (χ4v) is 3.87. The topological polar surface area (TPSA) is 91.5 Å². The molecule has 0 saturated carbocycles. The maximum Gasteiger partial charge on any atom is 0.158 e. The molecule has 2 aromatic heterocycles. The van der Waals surface area contributed by atoms with E-state index < -0.39 is 0 Å². The van der Waals surface area contributed by atoms with Crippen LogP contribution in [0.1, 0.15) is 38.8 Å². The molecule has 1 aliphatic rings. The number of pyridine rings is 1. The number of fused-ring (bicyclic) bond motifs is 1. The van der Waals surface area contributed by atoms with Gasteiger partial charge in [0.05, 0.1) is 5.52 Å². The fourth-order valence-electron chi connectivity index (χ4n) is 3.87. The number of dihydropyridines is 1. The Balaban J connectivity index is 1.89. The summed E-state index contributed by atoms with van der Waals surface area (Å²) in [7, 11) is 0. The first-order valence-electron chi connectivity index (χ1n) is 10.3. The molecule has 0 bridgehead atoms. The Bertz CT molecular complexity index is 1240. The zero-order chi connectivity index (χ0) is 22.1. The van der Waals surface area contributed by atoms with Gasteiger partial charge in [-0.05, 0) is 68.7 Å². The van der Waals surface area contributed by atoms with Gasteiger partial charge in [0.2, 0.25) is 0 Å². The van der Waals surface area contributed by atoms with Gasteiger partial charge in [0.1, 0.15) is 11.3 Å². The van der Waals surface area contributed by atoms with Crippen molar-refractivity contribution in [1.29, 1.82) is 5.41 Å². The smallest absolute Gasteiger partial charge is 0.158 e. The SMILES string of the molecule is C=C1NC(C)=CC(C)=C1Cc1cc(-n2nnc3ccccc32)nc(NC(C)C)c1C=N. The van der Waals surface area contributed by atoms with Crippen LogP contribution in [0.15, 0.2) is 65.5 Å². The number of para-hydroxylation sites is 1. The summed E-state index contributed by atoms with van der Waals surface area (Å²) in [6.45, 7) is 12.4. The van der Waals surface area contributed by atoms with Crippen LogP contribution in [0.4, 0.5) is 5.82 Å². The van der Waals surface area contributed by atoms with E-state index in [0.29, 0.717) is 18.1 Å². The zero-order valence-electron chi connectivity index (χ0n) is 18.3. The molecule has 0 fully saturated rings. The van der Waals surface area contributed by atoms with E-state index in [1.54, 1.807) is 4.68 Å². The minimum absolute atomic E-state index is 0.166. The molecule has 31 heavy (non-hydrogen) atoms. The van der Waals surface area contributed by atoms with Crippen molar-refractivity contribution >= 4 is 23.1 Å². The van der Waals surface area contributed by atoms with Gasteiger partial charge in [-0.3, -0.25) is 0 Å². The van der Waals surface area contributed by atoms with E-state index in [0.717, 1.165) is 39.1 Å². The van der Waals surface area contributed by atoms with Gasteiger partial charge >= 0.3 is 0 Å². The molecule has 0 amide bonds. The number of anilines is 1. The highest BCUT2D eigenvalue weighted by Crippen LogP contribution is 2.29. The third kappa shape index (κ3) is 3.99. The Morgan fingerprint density at radius 1 is 1.26 bits per heavy atom. The van der Waals surface area contributed by atoms with Gasteiger partial charge < -0.3 is 16.0 Å². The van der Waals surface area contributed by atoms with Crippen molar-refractivity contribution in [3.63, 3.8) is 0 Å². The molecule has 4 rings (SSSR count). The summed E-state index contributed by atoms with van der Waals surface area (Å²) in [5.41, 5.74) is 7.68. The second kappa shape index (κ2) is 8.18. The molecule has 1 aromatic carbocycles. The fraction of sp³-hybridized carbons (Fsp3) is 0.250. The van der Waals surface area contributed by atoms with Crippen LogP contribution in [0.2, 0.25) is 0 Å². The molecule has 158 valence electrons. The lowest BCUT2D eigenvalue weighted by Gasteiger charge is -2.23. The third-order valence-corrected chi connectivity index (χ3v) is 5.26. The summed E-state index contributed by atoms with van der Waals surface area (Å²) in [6.07, 6.45) is 4.11. The number of rotatable bonds is 6. The maximum absolute atomic E-state index is 8.09. The normalized spacial score (nSPS) is 14.1. The number of nitrogens with zero attached hydrogens (tertiary/aromatic N) is 4. The first-order valence-corrected chi connectivity index (χ1v) is 10.3. The van der Waals surface area contributed by atoms with Crippen LogP contribution in [0.3, 0.4) is 0 Å². The molecule has 7 nitrogen and oxygen atoms in total. The molecule has 1 aliphatic heterocycles. The molecule has 3 N–H and O–H groups in total. The highest BCUT2D eigenvalue weighted by Gasteiger charge is 2.19. The standard InChI is InChI=1S/C24H27N7/c1-14(2)26-24-20(13-25)18(11-19-15(3)10-16(4)27-17(19)5)12-23(28-24)31-22-9-7-6-8-21(22)29-30-31/h6-10,12-14,25,27H,5,11H2,1-4H3,(H,26,28). The number of aromatic nitrogens is 4. The van der Waals surface area contributed by atoms with E-state index in [2.05, 4.69) is 54.4 Å². The summed E-state index contributed by atoms with van der Waals surface area (Å²) in [6, 6.07) is 9.97. The average molecular weight is 414 g/mol. The van der Waals surface area contributed by atoms with E-state index in [1.807, 2.05) is 37.3 Å². The van der Waals surface area contributed by atoms with Crippen LogP contribution in [0.5, 0.6) is 0 Å². The molecule has 0 aliphatic carbocycles. The van der Waals surface area contributed by atoms with Crippen molar-refractivity contribution in [1.82, 2.24) is 25.3 Å². The van der Waals surface area contributed by atoms with Crippen molar-refractivity contribution < 1.29 is 0 Å². The van der Waals surface area contributed by atoms with Gasteiger partial charge in [0.15, 0.2) is 5.82 Å². The lowest BCUT2D eigenvalue weighted by molar-refractivity contribution is 0.795. The van der Waals surface area contributed by atoms with Crippen LogP contribution in [0, 0.1) is 5.41 Å². The number of allylic oxidation sites excluding steroid dienone is 4. The average Bonchev–Trinajstić information content (AvgIpc) is 3.14. The van der Waals surface area contributed by atoms with Gasteiger partial charge in [-0.1, -0.05) is 23.9 Å². The number of hydrogen-bond donors (Lipinski definition) is 3. The summed E-state index contributed by atoms with van der Waals surface area (Å²) in [5.74, 6) is 1.33. The summed E-state index contributed by atoms with van der Waals surface area (Å²) in [4.78, 5) is 4.81. The van der Waals surface area contributed by atoms with E-state index in [-0.39, 0.29) is 6.04 Å². The van der Waals surface area contributed by atoms with Crippen LogP contribution in [-0.2, 0) is 6.42 Å². The Morgan fingerprint density at radius 3 is 2.74 bits per heavy atom. The minimum atomic E-state index is 0.166. The highest BCUT2D eigenvalue weighted by molar-refractivity contribution is 5.87. The van der Waals surface area contributed by atoms with Crippen LogP contribution < -0.4 is 10.6 Å². The molecule has 0 unspecified atom stereocenters. The van der Waals surface area contributed by atoms with Gasteiger partial charge in [-0.15, -0.1) is 5.10 Å². The molecular weight excluding hydrogens is 386 g/mol. The second-order valence-corrected chi connectivity index (χ2v) is 8.10. The van der Waals surface area contributed by atoms with Crippen molar-refractivity contribution in [2.45, 2.75) is 40.2 Å². The van der Waals surface area contributed by atoms with E-state index in [4.69, 9.17) is 10.4 Å². The minimum Gasteiger partial charge on any atom is -0.367 e. The van der Waals surface area contributed by atoms with E-state index in [9.17, 15) is 0 Å². The largest absolute Gasteiger partial charge is 0.367 e. The Labute approximate surface area is 182 Å². The van der Waals surface area contributed by atoms with Crippen LogP contribution in [0.25, 0.3) is 16.9 Å². The predicted molar refractivity (Wildman–Crippen MR) is 126 cm³/mol. The molecule has 0 atom stereocenters. The van der Waals surface area contributed by atoms with E-state index in [1.165, 1.54) is 11.8 Å². The van der Waals surface area contributed by atoms with Crippen LogP contribution in [-0.4, -0.2) is 32.2 Å².